The molecule has 3 rings (SSSR count). The Morgan fingerprint density at radius 3 is 2.64 bits per heavy atom. The van der Waals surface area contributed by atoms with Crippen molar-refractivity contribution < 1.29 is 18.3 Å². The number of halogens is 1. The van der Waals surface area contributed by atoms with Gasteiger partial charge in [0.15, 0.2) is 0 Å². The molecule has 0 aliphatic rings. The Balaban J connectivity index is 1.96. The Kier molecular flexibility index (Phi) is 5.86. The van der Waals surface area contributed by atoms with Crippen LogP contribution in [0.3, 0.4) is 0 Å². The average molecular weight is 467 g/mol. The number of hydrogen-bond donors (Lipinski definition) is 3. The van der Waals surface area contributed by atoms with E-state index in [-0.39, 0.29) is 10.6 Å². The lowest BCUT2D eigenvalue weighted by atomic mass is 9.93. The number of aliphatic hydroxyl groups is 1. The zero-order valence-corrected chi connectivity index (χ0v) is 18.3. The van der Waals surface area contributed by atoms with Crippen molar-refractivity contribution >= 4 is 36.9 Å². The molecule has 0 unspecified atom stereocenters. The van der Waals surface area contributed by atoms with Gasteiger partial charge in [0.25, 0.3) is 0 Å². The first-order valence-electron chi connectivity index (χ1n) is 8.75. The van der Waals surface area contributed by atoms with Crippen molar-refractivity contribution in [2.45, 2.75) is 36.8 Å². The summed E-state index contributed by atoms with van der Waals surface area (Å²) >= 11 is 3.30. The number of methoxy groups -OCH3 is 1. The largest absolute Gasteiger partial charge is 0.495 e. The van der Waals surface area contributed by atoms with Gasteiger partial charge in [0.2, 0.25) is 10.0 Å². The molecule has 0 amide bonds. The molecule has 0 saturated heterocycles. The molecule has 1 aromatic heterocycles. The third kappa shape index (κ3) is 4.41. The number of fused-ring (bicyclic) bond motifs is 1. The maximum absolute atomic E-state index is 13.1. The summed E-state index contributed by atoms with van der Waals surface area (Å²) in [5.74, 6) is 0.234. The molecule has 3 aromatic rings. The fourth-order valence-corrected chi connectivity index (χ4v) is 5.15. The maximum atomic E-state index is 13.1. The van der Waals surface area contributed by atoms with Gasteiger partial charge in [-0.3, -0.25) is 0 Å². The van der Waals surface area contributed by atoms with E-state index < -0.39 is 21.7 Å². The second kappa shape index (κ2) is 7.87. The number of aromatic amines is 1. The van der Waals surface area contributed by atoms with Crippen LogP contribution >= 0.6 is 15.9 Å². The van der Waals surface area contributed by atoms with E-state index in [1.54, 1.807) is 26.0 Å². The first-order valence-corrected chi connectivity index (χ1v) is 11.0. The quantitative estimate of drug-likeness (QED) is 0.495. The Morgan fingerprint density at radius 1 is 1.25 bits per heavy atom. The number of benzene rings is 2. The van der Waals surface area contributed by atoms with Crippen LogP contribution in [0.5, 0.6) is 5.75 Å². The lowest BCUT2D eigenvalue weighted by molar-refractivity contribution is 0.0461. The molecule has 0 radical (unpaired) electrons. The third-order valence-corrected chi connectivity index (χ3v) is 6.65. The molecule has 0 spiro atoms. The van der Waals surface area contributed by atoms with Crippen LogP contribution in [0, 0.1) is 0 Å². The molecule has 6 nitrogen and oxygen atoms in total. The molecule has 150 valence electrons. The summed E-state index contributed by atoms with van der Waals surface area (Å²) < 4.78 is 34.7. The highest BCUT2D eigenvalue weighted by Gasteiger charge is 2.33. The van der Waals surface area contributed by atoms with E-state index in [1.165, 1.54) is 13.2 Å². The zero-order chi connectivity index (χ0) is 20.5. The molecular weight excluding hydrogens is 444 g/mol. The van der Waals surface area contributed by atoms with Crippen molar-refractivity contribution in [2.24, 2.45) is 0 Å². The van der Waals surface area contributed by atoms with E-state index in [0.29, 0.717) is 10.9 Å². The fourth-order valence-electron chi connectivity index (χ4n) is 3.07. The molecule has 3 N–H and O–H groups in total. The second-order valence-electron chi connectivity index (χ2n) is 7.19. The molecule has 2 aromatic carbocycles. The van der Waals surface area contributed by atoms with E-state index >= 15 is 0 Å². The van der Waals surface area contributed by atoms with Gasteiger partial charge in [0, 0.05) is 21.6 Å². The lowest BCUT2D eigenvalue weighted by Crippen LogP contribution is -2.50. The normalized spacial score (nSPS) is 13.6. The van der Waals surface area contributed by atoms with E-state index in [9.17, 15) is 13.5 Å². The lowest BCUT2D eigenvalue weighted by Gasteiger charge is -2.30. The maximum Gasteiger partial charge on any atom is 0.244 e. The van der Waals surface area contributed by atoms with Gasteiger partial charge in [-0.2, -0.15) is 0 Å². The highest BCUT2D eigenvalue weighted by Crippen LogP contribution is 2.29. The van der Waals surface area contributed by atoms with Crippen LogP contribution in [0.4, 0.5) is 0 Å². The minimum Gasteiger partial charge on any atom is -0.495 e. The summed E-state index contributed by atoms with van der Waals surface area (Å²) in [5, 5.41) is 11.7. The predicted molar refractivity (Wildman–Crippen MR) is 113 cm³/mol. The Labute approximate surface area is 173 Å². The first-order chi connectivity index (χ1) is 13.1. The summed E-state index contributed by atoms with van der Waals surface area (Å²) in [6.45, 7) is 3.18. The van der Waals surface area contributed by atoms with Gasteiger partial charge in [-0.25, -0.2) is 13.1 Å². The SMILES string of the molecule is COc1ccc(Br)cc1S(=O)(=O)N[C@@H](Cc1c[nH]c2ccccc12)C(C)(C)O. The van der Waals surface area contributed by atoms with Crippen molar-refractivity contribution in [3.05, 3.63) is 58.7 Å². The molecule has 0 bridgehead atoms. The Bertz CT molecular complexity index is 1090. The Morgan fingerprint density at radius 2 is 1.96 bits per heavy atom. The van der Waals surface area contributed by atoms with Crippen molar-refractivity contribution in [1.82, 2.24) is 9.71 Å². The van der Waals surface area contributed by atoms with Gasteiger partial charge in [0.1, 0.15) is 10.6 Å². The molecular formula is C20H23BrN2O4S. The van der Waals surface area contributed by atoms with Crippen molar-refractivity contribution in [1.29, 1.82) is 0 Å². The molecule has 0 saturated carbocycles. The summed E-state index contributed by atoms with van der Waals surface area (Å²) in [5.41, 5.74) is 0.597. The molecule has 1 atom stereocenters. The molecule has 28 heavy (non-hydrogen) atoms. The van der Waals surface area contributed by atoms with E-state index in [0.717, 1.165) is 16.5 Å². The van der Waals surface area contributed by atoms with Gasteiger partial charge >= 0.3 is 0 Å². The number of sulfonamides is 1. The van der Waals surface area contributed by atoms with Crippen LogP contribution in [0.2, 0.25) is 0 Å². The van der Waals surface area contributed by atoms with E-state index in [2.05, 4.69) is 25.6 Å². The number of H-pyrrole nitrogens is 1. The molecule has 8 heteroatoms. The summed E-state index contributed by atoms with van der Waals surface area (Å²) in [7, 11) is -2.52. The highest BCUT2D eigenvalue weighted by atomic mass is 79.9. The number of ether oxygens (including phenoxy) is 1. The topological polar surface area (TPSA) is 91.4 Å². The molecule has 0 aliphatic carbocycles. The van der Waals surface area contributed by atoms with Gasteiger partial charge < -0.3 is 14.8 Å². The minimum absolute atomic E-state index is 0.0116. The highest BCUT2D eigenvalue weighted by molar-refractivity contribution is 9.10. The Hall–Kier alpha value is -1.87. The predicted octanol–water partition coefficient (Wildman–Crippen LogP) is 3.60. The minimum atomic E-state index is -3.94. The van der Waals surface area contributed by atoms with E-state index in [1.807, 2.05) is 30.5 Å². The summed E-state index contributed by atoms with van der Waals surface area (Å²) in [6.07, 6.45) is 2.17. The number of para-hydroxylation sites is 1. The smallest absolute Gasteiger partial charge is 0.244 e. The molecule has 0 fully saturated rings. The third-order valence-electron chi connectivity index (χ3n) is 4.66. The molecule has 1 heterocycles. The van der Waals surface area contributed by atoms with Crippen molar-refractivity contribution in [3.63, 3.8) is 0 Å². The van der Waals surface area contributed by atoms with Crippen LogP contribution in [-0.2, 0) is 16.4 Å². The van der Waals surface area contributed by atoms with Gasteiger partial charge in [-0.1, -0.05) is 34.1 Å². The monoisotopic (exact) mass is 466 g/mol. The van der Waals surface area contributed by atoms with E-state index in [4.69, 9.17) is 4.74 Å². The van der Waals surface area contributed by atoms with Gasteiger partial charge in [0.05, 0.1) is 18.8 Å². The standard InChI is InChI=1S/C20H23BrN2O4S/c1-20(2,24)19(10-13-12-22-16-7-5-4-6-15(13)16)23-28(25,26)18-11-14(21)8-9-17(18)27-3/h4-9,11-12,19,22-24H,10H2,1-3H3/t19-/m0/s1. The number of nitrogens with one attached hydrogen (secondary N) is 2. The van der Waals surface area contributed by atoms with Crippen LogP contribution in [0.25, 0.3) is 10.9 Å². The van der Waals surface area contributed by atoms with Crippen LogP contribution in [-0.4, -0.2) is 37.3 Å². The van der Waals surface area contributed by atoms with Crippen molar-refractivity contribution in [2.75, 3.05) is 7.11 Å². The van der Waals surface area contributed by atoms with Crippen LogP contribution in [0.15, 0.2) is 58.0 Å². The average Bonchev–Trinajstić information content (AvgIpc) is 3.03. The van der Waals surface area contributed by atoms with Gasteiger partial charge in [-0.15, -0.1) is 0 Å². The second-order valence-corrected chi connectivity index (χ2v) is 9.78. The van der Waals surface area contributed by atoms with Crippen molar-refractivity contribution in [3.8, 4) is 5.75 Å². The molecule has 0 aliphatic heterocycles. The van der Waals surface area contributed by atoms with Gasteiger partial charge in [-0.05, 0) is 50.1 Å². The number of hydrogen-bond acceptors (Lipinski definition) is 4. The van der Waals surface area contributed by atoms with Crippen LogP contribution in [0.1, 0.15) is 19.4 Å². The number of rotatable bonds is 7. The zero-order valence-electron chi connectivity index (χ0n) is 15.9. The first kappa shape index (κ1) is 20.9. The fraction of sp³-hybridized carbons (Fsp3) is 0.300. The van der Waals surface area contributed by atoms with Crippen LogP contribution < -0.4 is 9.46 Å². The number of aromatic nitrogens is 1. The summed E-state index contributed by atoms with van der Waals surface area (Å²) in [4.78, 5) is 3.19. The summed E-state index contributed by atoms with van der Waals surface area (Å²) in [6, 6.07) is 11.8.